The highest BCUT2D eigenvalue weighted by Gasteiger charge is 2.13. The average Bonchev–Trinajstić information content (AvgIpc) is 3.06. The lowest BCUT2D eigenvalue weighted by molar-refractivity contribution is -0.384. The van der Waals surface area contributed by atoms with Gasteiger partial charge in [0.2, 0.25) is 0 Å². The van der Waals surface area contributed by atoms with Crippen LogP contribution in [0.5, 0.6) is 0 Å². The summed E-state index contributed by atoms with van der Waals surface area (Å²) < 4.78 is 14.7. The molecular weight excluding hydrogens is 329 g/mol. The van der Waals surface area contributed by atoms with E-state index in [4.69, 9.17) is 0 Å². The molecule has 5 nitrogen and oxygen atoms in total. The van der Waals surface area contributed by atoms with E-state index in [2.05, 4.69) is 5.10 Å². The first-order chi connectivity index (χ1) is 11.6. The number of aromatic nitrogens is 2. The molecule has 0 unspecified atom stereocenters. The molecule has 0 bridgehead atoms. The summed E-state index contributed by atoms with van der Waals surface area (Å²) in [4.78, 5) is 11.5. The van der Waals surface area contributed by atoms with E-state index in [-0.39, 0.29) is 5.69 Å². The Morgan fingerprint density at radius 3 is 2.38 bits per heavy atom. The molecule has 1 heterocycles. The molecule has 3 rings (SSSR count). The van der Waals surface area contributed by atoms with Gasteiger partial charge in [-0.15, -0.1) is 11.8 Å². The normalized spacial score (nSPS) is 10.8. The Morgan fingerprint density at radius 2 is 1.83 bits per heavy atom. The maximum Gasteiger partial charge on any atom is 0.269 e. The minimum atomic E-state index is -0.671. The van der Waals surface area contributed by atoms with E-state index >= 15 is 0 Å². The summed E-state index contributed by atoms with van der Waals surface area (Å²) >= 11 is 1.64. The highest BCUT2D eigenvalue weighted by molar-refractivity contribution is 7.98. The van der Waals surface area contributed by atoms with Gasteiger partial charge in [0, 0.05) is 22.6 Å². The minimum Gasteiger partial charge on any atom is -0.258 e. The van der Waals surface area contributed by atoms with Gasteiger partial charge in [-0.05, 0) is 36.6 Å². The summed E-state index contributed by atoms with van der Waals surface area (Å²) in [6, 6.07) is 15.6. The number of halogens is 1. The Balaban J connectivity index is 2.06. The van der Waals surface area contributed by atoms with Crippen LogP contribution in [0.25, 0.3) is 16.9 Å². The largest absolute Gasteiger partial charge is 0.269 e. The number of hydrogen-bond acceptors (Lipinski definition) is 4. The van der Waals surface area contributed by atoms with Crippen LogP contribution in [0.2, 0.25) is 0 Å². The van der Waals surface area contributed by atoms with Gasteiger partial charge in [-0.1, -0.05) is 12.1 Å². The predicted octanol–water partition coefficient (Wildman–Crippen LogP) is 4.64. The van der Waals surface area contributed by atoms with Crippen molar-refractivity contribution in [2.75, 3.05) is 6.26 Å². The standard InChI is InChI=1S/C17H14FN3O2S/c1-24-16-8-2-12(3-9-16)17-10-13(11-18)19-20(17)14-4-6-15(7-5-14)21(22)23/h2-10H,11H2,1H3. The van der Waals surface area contributed by atoms with Gasteiger partial charge in [0.25, 0.3) is 5.69 Å². The Kier molecular flexibility index (Phi) is 4.61. The molecule has 0 radical (unpaired) electrons. The van der Waals surface area contributed by atoms with Gasteiger partial charge in [0.1, 0.15) is 6.67 Å². The smallest absolute Gasteiger partial charge is 0.258 e. The van der Waals surface area contributed by atoms with Crippen molar-refractivity contribution in [3.8, 4) is 16.9 Å². The summed E-state index contributed by atoms with van der Waals surface area (Å²) in [5.41, 5.74) is 2.60. The zero-order chi connectivity index (χ0) is 17.1. The number of nitro groups is 1. The Bertz CT molecular complexity index is 861. The van der Waals surface area contributed by atoms with Crippen LogP contribution in [0.3, 0.4) is 0 Å². The molecule has 0 aliphatic heterocycles. The lowest BCUT2D eigenvalue weighted by atomic mass is 10.1. The van der Waals surface area contributed by atoms with Crippen molar-refractivity contribution in [2.24, 2.45) is 0 Å². The number of thioether (sulfide) groups is 1. The van der Waals surface area contributed by atoms with E-state index in [1.54, 1.807) is 34.6 Å². The third-order valence-electron chi connectivity index (χ3n) is 3.59. The van der Waals surface area contributed by atoms with Gasteiger partial charge in [-0.2, -0.15) is 5.10 Å². The quantitative estimate of drug-likeness (QED) is 0.385. The first-order valence-electron chi connectivity index (χ1n) is 7.16. The zero-order valence-corrected chi connectivity index (χ0v) is 13.7. The molecule has 24 heavy (non-hydrogen) atoms. The van der Waals surface area contributed by atoms with Crippen molar-refractivity contribution < 1.29 is 9.31 Å². The predicted molar refractivity (Wildman–Crippen MR) is 92.2 cm³/mol. The maximum atomic E-state index is 13.1. The van der Waals surface area contributed by atoms with Crippen molar-refractivity contribution in [2.45, 2.75) is 11.6 Å². The van der Waals surface area contributed by atoms with Crippen molar-refractivity contribution in [3.63, 3.8) is 0 Å². The Labute approximate surface area is 142 Å². The monoisotopic (exact) mass is 343 g/mol. The summed E-state index contributed by atoms with van der Waals surface area (Å²) in [5.74, 6) is 0. The fraction of sp³-hybridized carbons (Fsp3) is 0.118. The minimum absolute atomic E-state index is 0.00231. The van der Waals surface area contributed by atoms with Gasteiger partial charge in [0.15, 0.2) is 0 Å². The molecule has 0 aliphatic carbocycles. The zero-order valence-electron chi connectivity index (χ0n) is 12.8. The van der Waals surface area contributed by atoms with Gasteiger partial charge in [0.05, 0.1) is 22.0 Å². The summed E-state index contributed by atoms with van der Waals surface area (Å²) in [6.45, 7) is -0.671. The molecule has 0 spiro atoms. The number of nitro benzene ring substituents is 1. The van der Waals surface area contributed by atoms with Gasteiger partial charge in [-0.25, -0.2) is 9.07 Å². The molecule has 0 amide bonds. The molecule has 1 aromatic heterocycles. The topological polar surface area (TPSA) is 61.0 Å². The lowest BCUT2D eigenvalue weighted by Gasteiger charge is -2.08. The number of non-ortho nitro benzene ring substituents is 1. The second-order valence-corrected chi connectivity index (χ2v) is 5.95. The average molecular weight is 343 g/mol. The molecule has 122 valence electrons. The highest BCUT2D eigenvalue weighted by Crippen LogP contribution is 2.27. The van der Waals surface area contributed by atoms with E-state index in [0.717, 1.165) is 16.2 Å². The van der Waals surface area contributed by atoms with Crippen LogP contribution < -0.4 is 0 Å². The number of nitrogens with zero attached hydrogens (tertiary/aromatic N) is 3. The summed E-state index contributed by atoms with van der Waals surface area (Å²) in [5, 5.41) is 15.0. The molecule has 2 aromatic carbocycles. The molecule has 3 aromatic rings. The van der Waals surface area contributed by atoms with Gasteiger partial charge < -0.3 is 0 Å². The Hall–Kier alpha value is -2.67. The number of alkyl halides is 1. The van der Waals surface area contributed by atoms with Crippen LogP contribution in [0.1, 0.15) is 5.69 Å². The van der Waals surface area contributed by atoms with Crippen LogP contribution in [-0.4, -0.2) is 21.0 Å². The first-order valence-corrected chi connectivity index (χ1v) is 8.39. The molecular formula is C17H14FN3O2S. The Morgan fingerprint density at radius 1 is 1.17 bits per heavy atom. The molecule has 0 atom stereocenters. The molecule has 0 saturated carbocycles. The fourth-order valence-corrected chi connectivity index (χ4v) is 2.78. The van der Waals surface area contributed by atoms with E-state index in [1.165, 1.54) is 12.1 Å². The SMILES string of the molecule is CSc1ccc(-c2cc(CF)nn2-c2ccc([N+](=O)[O-])cc2)cc1. The van der Waals surface area contributed by atoms with Crippen LogP contribution in [0.15, 0.2) is 59.5 Å². The maximum absolute atomic E-state index is 13.1. The summed E-state index contributed by atoms with van der Waals surface area (Å²) in [7, 11) is 0. The molecule has 7 heteroatoms. The highest BCUT2D eigenvalue weighted by atomic mass is 32.2. The van der Waals surface area contributed by atoms with Crippen molar-refractivity contribution in [1.82, 2.24) is 9.78 Å². The lowest BCUT2D eigenvalue weighted by Crippen LogP contribution is -2.00. The first kappa shape index (κ1) is 16.2. The van der Waals surface area contributed by atoms with Gasteiger partial charge in [-0.3, -0.25) is 10.1 Å². The van der Waals surface area contributed by atoms with Crippen molar-refractivity contribution in [3.05, 3.63) is 70.4 Å². The van der Waals surface area contributed by atoms with Crippen molar-refractivity contribution in [1.29, 1.82) is 0 Å². The third-order valence-corrected chi connectivity index (χ3v) is 4.33. The van der Waals surface area contributed by atoms with Gasteiger partial charge >= 0.3 is 0 Å². The summed E-state index contributed by atoms with van der Waals surface area (Å²) in [6.07, 6.45) is 2.00. The molecule has 0 aliphatic rings. The number of benzene rings is 2. The molecule has 0 N–H and O–H groups in total. The second-order valence-electron chi connectivity index (χ2n) is 5.07. The van der Waals surface area contributed by atoms with Crippen LogP contribution in [0.4, 0.5) is 10.1 Å². The van der Waals surface area contributed by atoms with E-state index < -0.39 is 11.6 Å². The van der Waals surface area contributed by atoms with E-state index in [0.29, 0.717) is 11.4 Å². The third kappa shape index (κ3) is 3.16. The van der Waals surface area contributed by atoms with Crippen LogP contribution in [-0.2, 0) is 6.67 Å². The number of rotatable bonds is 5. The number of hydrogen-bond donors (Lipinski definition) is 0. The van der Waals surface area contributed by atoms with Crippen molar-refractivity contribution >= 4 is 17.4 Å². The molecule has 0 fully saturated rings. The van der Waals surface area contributed by atoms with Crippen LogP contribution in [0, 0.1) is 10.1 Å². The fourth-order valence-electron chi connectivity index (χ4n) is 2.38. The second kappa shape index (κ2) is 6.84. The van der Waals surface area contributed by atoms with E-state index in [9.17, 15) is 14.5 Å². The van der Waals surface area contributed by atoms with E-state index in [1.807, 2.05) is 30.5 Å². The molecule has 0 saturated heterocycles. The van der Waals surface area contributed by atoms with Crippen LogP contribution >= 0.6 is 11.8 Å².